The van der Waals surface area contributed by atoms with Gasteiger partial charge in [-0.2, -0.15) is 0 Å². The standard InChI is InChI=1S/C12H15Cl2NO2/c1-12(2,7-13)15(3)11(17)9-6-8(14)4-5-10(9)16/h4-6,16H,7H2,1-3H3. The van der Waals surface area contributed by atoms with Gasteiger partial charge in [0.25, 0.3) is 5.91 Å². The molecule has 0 aromatic heterocycles. The molecule has 0 bridgehead atoms. The van der Waals surface area contributed by atoms with Crippen LogP contribution in [0.3, 0.4) is 0 Å². The number of benzene rings is 1. The maximum Gasteiger partial charge on any atom is 0.257 e. The first-order valence-corrected chi connectivity index (χ1v) is 6.03. The summed E-state index contributed by atoms with van der Waals surface area (Å²) in [6.45, 7) is 3.69. The molecule has 1 aromatic carbocycles. The van der Waals surface area contributed by atoms with E-state index in [0.717, 1.165) is 0 Å². The number of hydrogen-bond donors (Lipinski definition) is 1. The monoisotopic (exact) mass is 275 g/mol. The second kappa shape index (κ2) is 5.15. The van der Waals surface area contributed by atoms with E-state index in [4.69, 9.17) is 23.2 Å². The highest BCUT2D eigenvalue weighted by molar-refractivity contribution is 6.31. The van der Waals surface area contributed by atoms with Crippen molar-refractivity contribution < 1.29 is 9.90 Å². The number of alkyl halides is 1. The van der Waals surface area contributed by atoms with Crippen LogP contribution >= 0.6 is 23.2 Å². The lowest BCUT2D eigenvalue weighted by molar-refractivity contribution is 0.0657. The fourth-order valence-corrected chi connectivity index (χ4v) is 1.58. The summed E-state index contributed by atoms with van der Waals surface area (Å²) < 4.78 is 0. The predicted molar refractivity (Wildman–Crippen MR) is 70.0 cm³/mol. The van der Waals surface area contributed by atoms with Crippen LogP contribution in [0.4, 0.5) is 0 Å². The van der Waals surface area contributed by atoms with Gasteiger partial charge in [-0.25, -0.2) is 0 Å². The molecule has 0 aliphatic heterocycles. The van der Waals surface area contributed by atoms with E-state index in [1.807, 2.05) is 13.8 Å². The molecule has 1 aromatic rings. The van der Waals surface area contributed by atoms with Crippen molar-refractivity contribution in [3.63, 3.8) is 0 Å². The van der Waals surface area contributed by atoms with Gasteiger partial charge in [0.2, 0.25) is 0 Å². The van der Waals surface area contributed by atoms with Crippen LogP contribution in [0.25, 0.3) is 0 Å². The summed E-state index contributed by atoms with van der Waals surface area (Å²) in [7, 11) is 1.64. The van der Waals surface area contributed by atoms with Gasteiger partial charge >= 0.3 is 0 Å². The molecule has 0 saturated heterocycles. The van der Waals surface area contributed by atoms with Crippen molar-refractivity contribution in [1.29, 1.82) is 0 Å². The van der Waals surface area contributed by atoms with Crippen LogP contribution in [0.5, 0.6) is 5.75 Å². The zero-order valence-electron chi connectivity index (χ0n) is 10.00. The van der Waals surface area contributed by atoms with Crippen molar-refractivity contribution in [2.45, 2.75) is 19.4 Å². The number of phenols is 1. The zero-order chi connectivity index (χ0) is 13.2. The lowest BCUT2D eigenvalue weighted by Gasteiger charge is -2.34. The third-order valence-corrected chi connectivity index (χ3v) is 3.62. The van der Waals surface area contributed by atoms with Crippen LogP contribution in [0.15, 0.2) is 18.2 Å². The molecule has 0 aliphatic carbocycles. The molecule has 17 heavy (non-hydrogen) atoms. The van der Waals surface area contributed by atoms with Gasteiger partial charge in [0.15, 0.2) is 0 Å². The Morgan fingerprint density at radius 1 is 1.47 bits per heavy atom. The number of carbonyl (C=O) groups excluding carboxylic acids is 1. The van der Waals surface area contributed by atoms with Crippen LogP contribution in [0.2, 0.25) is 5.02 Å². The molecule has 0 saturated carbocycles. The third kappa shape index (κ3) is 3.05. The van der Waals surface area contributed by atoms with E-state index in [-0.39, 0.29) is 17.2 Å². The number of phenolic OH excluding ortho intramolecular Hbond substituents is 1. The zero-order valence-corrected chi connectivity index (χ0v) is 11.5. The van der Waals surface area contributed by atoms with E-state index in [0.29, 0.717) is 10.9 Å². The highest BCUT2D eigenvalue weighted by Gasteiger charge is 2.28. The maximum atomic E-state index is 12.2. The Morgan fingerprint density at radius 3 is 2.59 bits per heavy atom. The number of aromatic hydroxyl groups is 1. The smallest absolute Gasteiger partial charge is 0.257 e. The fraction of sp³-hybridized carbons (Fsp3) is 0.417. The van der Waals surface area contributed by atoms with E-state index in [1.165, 1.54) is 23.1 Å². The minimum Gasteiger partial charge on any atom is -0.507 e. The second-order valence-electron chi connectivity index (χ2n) is 4.47. The number of halogens is 2. The molecule has 94 valence electrons. The fourth-order valence-electron chi connectivity index (χ4n) is 1.22. The normalized spacial score (nSPS) is 11.4. The summed E-state index contributed by atoms with van der Waals surface area (Å²) in [5.41, 5.74) is -0.314. The molecule has 5 heteroatoms. The first-order valence-electron chi connectivity index (χ1n) is 5.12. The molecular weight excluding hydrogens is 261 g/mol. The van der Waals surface area contributed by atoms with Crippen molar-refractivity contribution in [3.05, 3.63) is 28.8 Å². The number of hydrogen-bond acceptors (Lipinski definition) is 2. The first-order chi connectivity index (χ1) is 7.79. The quantitative estimate of drug-likeness (QED) is 0.861. The summed E-state index contributed by atoms with van der Waals surface area (Å²) >= 11 is 11.6. The summed E-state index contributed by atoms with van der Waals surface area (Å²) in [6, 6.07) is 4.37. The summed E-state index contributed by atoms with van der Waals surface area (Å²) in [5.74, 6) is -0.0939. The van der Waals surface area contributed by atoms with E-state index < -0.39 is 5.54 Å². The molecule has 1 amide bonds. The average Bonchev–Trinajstić information content (AvgIpc) is 2.30. The van der Waals surface area contributed by atoms with Gasteiger partial charge in [0, 0.05) is 18.0 Å². The van der Waals surface area contributed by atoms with E-state index in [9.17, 15) is 9.90 Å². The van der Waals surface area contributed by atoms with Crippen LogP contribution in [0, 0.1) is 0 Å². The van der Waals surface area contributed by atoms with Gasteiger partial charge in [-0.05, 0) is 32.0 Å². The van der Waals surface area contributed by atoms with Crippen molar-refractivity contribution in [2.75, 3.05) is 12.9 Å². The Bertz CT molecular complexity index is 433. The highest BCUT2D eigenvalue weighted by atomic mass is 35.5. The van der Waals surface area contributed by atoms with Crippen molar-refractivity contribution in [2.24, 2.45) is 0 Å². The molecule has 3 nitrogen and oxygen atoms in total. The number of nitrogens with zero attached hydrogens (tertiary/aromatic N) is 1. The predicted octanol–water partition coefficient (Wildman–Crippen LogP) is 3.14. The molecule has 1 rings (SSSR count). The first kappa shape index (κ1) is 14.1. The van der Waals surface area contributed by atoms with Gasteiger partial charge < -0.3 is 10.0 Å². The molecule has 0 heterocycles. The molecule has 0 radical (unpaired) electrons. The Hall–Kier alpha value is -0.930. The number of amides is 1. The third-order valence-electron chi connectivity index (χ3n) is 2.73. The summed E-state index contributed by atoms with van der Waals surface area (Å²) in [4.78, 5) is 13.7. The van der Waals surface area contributed by atoms with Crippen LogP contribution < -0.4 is 0 Å². The largest absolute Gasteiger partial charge is 0.507 e. The maximum absolute atomic E-state index is 12.2. The van der Waals surface area contributed by atoms with Crippen LogP contribution in [0.1, 0.15) is 24.2 Å². The Kier molecular flexibility index (Phi) is 4.28. The lowest BCUT2D eigenvalue weighted by atomic mass is 10.0. The molecule has 0 aliphatic rings. The van der Waals surface area contributed by atoms with Crippen LogP contribution in [-0.2, 0) is 0 Å². The van der Waals surface area contributed by atoms with Crippen molar-refractivity contribution in [3.8, 4) is 5.75 Å². The van der Waals surface area contributed by atoms with Crippen LogP contribution in [-0.4, -0.2) is 34.4 Å². The van der Waals surface area contributed by atoms with E-state index >= 15 is 0 Å². The molecule has 0 unspecified atom stereocenters. The topological polar surface area (TPSA) is 40.5 Å². The molecule has 0 spiro atoms. The lowest BCUT2D eigenvalue weighted by Crippen LogP contribution is -2.46. The highest BCUT2D eigenvalue weighted by Crippen LogP contribution is 2.25. The van der Waals surface area contributed by atoms with E-state index in [2.05, 4.69) is 0 Å². The molecule has 1 N–H and O–H groups in total. The molecule has 0 atom stereocenters. The number of rotatable bonds is 3. The van der Waals surface area contributed by atoms with Gasteiger partial charge in [-0.3, -0.25) is 4.79 Å². The SMILES string of the molecule is CN(C(=O)c1cc(Cl)ccc1O)C(C)(C)CCl. The summed E-state index contributed by atoms with van der Waals surface area (Å²) in [5, 5.41) is 10.1. The minimum absolute atomic E-state index is 0.0865. The Morgan fingerprint density at radius 2 is 2.06 bits per heavy atom. The van der Waals surface area contributed by atoms with Gasteiger partial charge in [0.1, 0.15) is 5.75 Å². The summed E-state index contributed by atoms with van der Waals surface area (Å²) in [6.07, 6.45) is 0. The Balaban J connectivity index is 3.08. The van der Waals surface area contributed by atoms with Crippen molar-refractivity contribution >= 4 is 29.1 Å². The second-order valence-corrected chi connectivity index (χ2v) is 5.18. The molecular formula is C12H15Cl2NO2. The van der Waals surface area contributed by atoms with Gasteiger partial charge in [-0.1, -0.05) is 11.6 Å². The Labute approximate surface area is 111 Å². The number of carbonyl (C=O) groups is 1. The van der Waals surface area contributed by atoms with Gasteiger partial charge in [0.05, 0.1) is 11.1 Å². The van der Waals surface area contributed by atoms with Crippen molar-refractivity contribution in [1.82, 2.24) is 4.90 Å². The minimum atomic E-state index is -0.493. The molecule has 0 fully saturated rings. The van der Waals surface area contributed by atoms with E-state index in [1.54, 1.807) is 7.05 Å². The average molecular weight is 276 g/mol. The van der Waals surface area contributed by atoms with Gasteiger partial charge in [-0.15, -0.1) is 11.6 Å².